The van der Waals surface area contributed by atoms with Gasteiger partial charge in [-0.05, 0) is 24.3 Å². The fourth-order valence-corrected chi connectivity index (χ4v) is 2.77. The summed E-state index contributed by atoms with van der Waals surface area (Å²) in [4.78, 5) is 38.5. The van der Waals surface area contributed by atoms with Gasteiger partial charge in [0.05, 0.1) is 17.8 Å². The van der Waals surface area contributed by atoms with Gasteiger partial charge < -0.3 is 5.73 Å². The Bertz CT molecular complexity index is 922. The van der Waals surface area contributed by atoms with Gasteiger partial charge in [-0.15, -0.1) is 0 Å². The molecule has 8 heteroatoms. The molecule has 8 nitrogen and oxygen atoms in total. The molecule has 3 N–H and O–H groups in total. The molecule has 1 aromatic heterocycles. The molecule has 1 atom stereocenters. The highest BCUT2D eigenvalue weighted by molar-refractivity contribution is 6.20. The maximum absolute atomic E-state index is 12.4. The molecule has 0 radical (unpaired) electrons. The first-order chi connectivity index (χ1) is 12.1. The number of amides is 2. The number of fused-ring (bicyclic) bond motifs is 3. The topological polar surface area (TPSA) is 113 Å². The molecule has 2 aromatic rings. The summed E-state index contributed by atoms with van der Waals surface area (Å²) in [6.07, 6.45) is 3.06. The number of nitrogens with one attached hydrogen (secondary N) is 1. The second-order valence-corrected chi connectivity index (χ2v) is 5.63. The lowest BCUT2D eigenvalue weighted by molar-refractivity contribution is -0.119. The van der Waals surface area contributed by atoms with Crippen LogP contribution < -0.4 is 11.1 Å². The van der Waals surface area contributed by atoms with E-state index < -0.39 is 11.9 Å². The van der Waals surface area contributed by atoms with Gasteiger partial charge in [-0.2, -0.15) is 0 Å². The number of aromatic nitrogens is 1. The number of rotatable bonds is 2. The number of carbonyl (C=O) groups is 2. The Morgan fingerprint density at radius 1 is 1.20 bits per heavy atom. The number of guanidine groups is 1. The molecular weight excluding hydrogens is 320 g/mol. The number of pyridine rings is 1. The summed E-state index contributed by atoms with van der Waals surface area (Å²) in [5, 5.41) is 2.77. The number of para-hydroxylation sites is 1. The zero-order chi connectivity index (χ0) is 17.4. The number of benzene rings is 1. The second kappa shape index (κ2) is 5.82. The van der Waals surface area contributed by atoms with E-state index in [0.717, 1.165) is 5.56 Å². The van der Waals surface area contributed by atoms with Gasteiger partial charge in [-0.1, -0.05) is 12.1 Å². The number of primary amides is 1. The molecule has 1 aromatic carbocycles. The average molecular weight is 334 g/mol. The average Bonchev–Trinajstić information content (AvgIpc) is 3.09. The normalized spacial score (nSPS) is 17.9. The van der Waals surface area contributed by atoms with Gasteiger partial charge in [0, 0.05) is 18.0 Å². The molecule has 124 valence electrons. The molecule has 0 aliphatic carbocycles. The summed E-state index contributed by atoms with van der Waals surface area (Å²) in [7, 11) is 0. The van der Waals surface area contributed by atoms with Crippen molar-refractivity contribution in [1.29, 1.82) is 0 Å². The summed E-state index contributed by atoms with van der Waals surface area (Å²) in [5.74, 6) is 0.0383. The highest BCUT2D eigenvalue weighted by Gasteiger charge is 2.36. The van der Waals surface area contributed by atoms with Crippen molar-refractivity contribution in [2.45, 2.75) is 6.04 Å². The summed E-state index contributed by atoms with van der Waals surface area (Å²) < 4.78 is 0. The third-order valence-corrected chi connectivity index (χ3v) is 3.99. The Balaban J connectivity index is 1.71. The lowest BCUT2D eigenvalue weighted by atomic mass is 10.1. The molecule has 2 amide bonds. The van der Waals surface area contributed by atoms with Gasteiger partial charge in [-0.3, -0.25) is 29.8 Å². The summed E-state index contributed by atoms with van der Waals surface area (Å²) in [5.41, 5.74) is 7.28. The van der Waals surface area contributed by atoms with E-state index in [2.05, 4.69) is 20.3 Å². The number of nitrogens with zero attached hydrogens (tertiary/aromatic N) is 4. The zero-order valence-electron chi connectivity index (χ0n) is 13.1. The molecule has 2 aliphatic heterocycles. The van der Waals surface area contributed by atoms with Crippen LogP contribution in [0.5, 0.6) is 0 Å². The predicted molar refractivity (Wildman–Crippen MR) is 91.5 cm³/mol. The Morgan fingerprint density at radius 3 is 2.80 bits per heavy atom. The molecule has 4 rings (SSSR count). The van der Waals surface area contributed by atoms with E-state index in [4.69, 9.17) is 5.73 Å². The molecule has 1 unspecified atom stereocenters. The number of amidine groups is 1. The summed E-state index contributed by atoms with van der Waals surface area (Å²) in [6, 6.07) is 10.1. The first-order valence-corrected chi connectivity index (χ1v) is 7.67. The number of hydrogen-bond acceptors (Lipinski definition) is 6. The smallest absolute Gasteiger partial charge is 0.259 e. The first-order valence-electron chi connectivity index (χ1n) is 7.67. The molecule has 0 saturated heterocycles. The lowest BCUT2D eigenvalue weighted by Crippen LogP contribution is -2.48. The van der Waals surface area contributed by atoms with Gasteiger partial charge in [0.15, 0.2) is 0 Å². The van der Waals surface area contributed by atoms with E-state index in [9.17, 15) is 9.59 Å². The van der Waals surface area contributed by atoms with Crippen LogP contribution in [0.1, 0.15) is 15.9 Å². The van der Waals surface area contributed by atoms with Gasteiger partial charge in [0.2, 0.25) is 11.9 Å². The largest absolute Gasteiger partial charge is 0.368 e. The third-order valence-electron chi connectivity index (χ3n) is 3.99. The van der Waals surface area contributed by atoms with Crippen LogP contribution in [0.3, 0.4) is 0 Å². The van der Waals surface area contributed by atoms with Crippen LogP contribution in [0.15, 0.2) is 58.8 Å². The van der Waals surface area contributed by atoms with Crippen molar-refractivity contribution in [2.24, 2.45) is 15.7 Å². The van der Waals surface area contributed by atoms with E-state index in [0.29, 0.717) is 23.0 Å². The van der Waals surface area contributed by atoms with Gasteiger partial charge in [0.1, 0.15) is 11.9 Å². The maximum Gasteiger partial charge on any atom is 0.259 e. The molecule has 0 bridgehead atoms. The van der Waals surface area contributed by atoms with Crippen molar-refractivity contribution in [3.63, 3.8) is 0 Å². The maximum atomic E-state index is 12.4. The van der Waals surface area contributed by atoms with Gasteiger partial charge in [0.25, 0.3) is 5.91 Å². The van der Waals surface area contributed by atoms with E-state index >= 15 is 0 Å². The fraction of sp³-hybridized carbons (Fsp3) is 0.118. The first kappa shape index (κ1) is 15.0. The van der Waals surface area contributed by atoms with E-state index in [1.165, 1.54) is 6.20 Å². The highest BCUT2D eigenvalue weighted by Crippen LogP contribution is 2.29. The zero-order valence-corrected chi connectivity index (χ0v) is 13.1. The molecular formula is C17H14N6O2. The van der Waals surface area contributed by atoms with E-state index in [-0.39, 0.29) is 12.5 Å². The van der Waals surface area contributed by atoms with Crippen LogP contribution in [0, 0.1) is 0 Å². The van der Waals surface area contributed by atoms with Crippen LogP contribution in [-0.4, -0.2) is 46.1 Å². The SMILES string of the molecule is NC(=O)C1CN2C(NC(=O)c3cccnc3)=Nc3ccccc3C2=N1. The minimum atomic E-state index is -0.679. The quantitative estimate of drug-likeness (QED) is 0.829. The molecule has 0 fully saturated rings. The second-order valence-electron chi connectivity index (χ2n) is 5.63. The number of hydrogen-bond donors (Lipinski definition) is 2. The number of nitrogens with two attached hydrogens (primary N) is 1. The Kier molecular flexibility index (Phi) is 3.50. The summed E-state index contributed by atoms with van der Waals surface area (Å²) >= 11 is 0. The van der Waals surface area contributed by atoms with Crippen molar-refractivity contribution >= 4 is 29.3 Å². The van der Waals surface area contributed by atoms with Crippen LogP contribution >= 0.6 is 0 Å². The van der Waals surface area contributed by atoms with Crippen LogP contribution in [0.25, 0.3) is 0 Å². The van der Waals surface area contributed by atoms with Crippen molar-refractivity contribution in [2.75, 3.05) is 6.54 Å². The molecule has 3 heterocycles. The highest BCUT2D eigenvalue weighted by atomic mass is 16.2. The van der Waals surface area contributed by atoms with Gasteiger partial charge >= 0.3 is 0 Å². The van der Waals surface area contributed by atoms with Crippen molar-refractivity contribution in [3.8, 4) is 0 Å². The molecule has 2 aliphatic rings. The van der Waals surface area contributed by atoms with E-state index in [1.807, 2.05) is 24.3 Å². The van der Waals surface area contributed by atoms with Crippen molar-refractivity contribution in [3.05, 3.63) is 59.9 Å². The number of carbonyl (C=O) groups excluding carboxylic acids is 2. The van der Waals surface area contributed by atoms with Gasteiger partial charge in [-0.25, -0.2) is 4.99 Å². The van der Waals surface area contributed by atoms with Crippen molar-refractivity contribution in [1.82, 2.24) is 15.2 Å². The molecule has 0 saturated carbocycles. The van der Waals surface area contributed by atoms with Crippen LogP contribution in [0.2, 0.25) is 0 Å². The Labute approximate surface area is 143 Å². The standard InChI is InChI=1S/C17H14N6O2/c18-14(24)13-9-23-15(20-13)11-5-1-2-6-12(11)21-17(23)22-16(25)10-4-3-7-19-8-10/h1-8,13H,9H2,(H2,18,24)(H,21,22,25). The molecule has 25 heavy (non-hydrogen) atoms. The number of aliphatic imine (C=N–C) groups is 2. The third kappa shape index (κ3) is 2.63. The van der Waals surface area contributed by atoms with Crippen LogP contribution in [0.4, 0.5) is 5.69 Å². The minimum absolute atomic E-state index is 0.241. The fourth-order valence-electron chi connectivity index (χ4n) is 2.77. The monoisotopic (exact) mass is 334 g/mol. The predicted octanol–water partition coefficient (Wildman–Crippen LogP) is 0.429. The Morgan fingerprint density at radius 2 is 2.04 bits per heavy atom. The Hall–Kier alpha value is -3.55. The minimum Gasteiger partial charge on any atom is -0.368 e. The molecule has 0 spiro atoms. The van der Waals surface area contributed by atoms with E-state index in [1.54, 1.807) is 23.2 Å². The lowest BCUT2D eigenvalue weighted by Gasteiger charge is -2.27. The summed E-state index contributed by atoms with van der Waals surface area (Å²) in [6.45, 7) is 0.241. The van der Waals surface area contributed by atoms with Crippen molar-refractivity contribution < 1.29 is 9.59 Å². The van der Waals surface area contributed by atoms with Crippen LogP contribution in [-0.2, 0) is 4.79 Å².